The van der Waals surface area contributed by atoms with Crippen molar-refractivity contribution in [2.75, 3.05) is 6.61 Å². The molecule has 2 fully saturated rings. The van der Waals surface area contributed by atoms with E-state index in [0.717, 1.165) is 13.0 Å². The molecular formula is C7H14ClNO. The lowest BCUT2D eigenvalue weighted by Gasteiger charge is -2.36. The van der Waals surface area contributed by atoms with Crippen LogP contribution in [0, 0.1) is 0 Å². The maximum absolute atomic E-state index is 5.69. The minimum atomic E-state index is 0. The Balaban J connectivity index is 0.000000500. The molecule has 1 atom stereocenters. The Morgan fingerprint density at radius 3 is 2.30 bits per heavy atom. The van der Waals surface area contributed by atoms with Crippen LogP contribution in [0.5, 0.6) is 0 Å². The molecule has 3 heteroatoms. The summed E-state index contributed by atoms with van der Waals surface area (Å²) in [4.78, 5) is 0. The third-order valence-corrected chi connectivity index (χ3v) is 2.50. The number of nitrogens with two attached hydrogens (primary N) is 1. The van der Waals surface area contributed by atoms with Gasteiger partial charge in [0.25, 0.3) is 0 Å². The molecule has 1 saturated carbocycles. The number of hydrogen-bond donors (Lipinski definition) is 1. The first-order valence-electron chi connectivity index (χ1n) is 3.70. The monoisotopic (exact) mass is 163 g/mol. The van der Waals surface area contributed by atoms with Crippen LogP contribution < -0.4 is 5.73 Å². The molecule has 0 aromatic carbocycles. The highest BCUT2D eigenvalue weighted by atomic mass is 35.5. The van der Waals surface area contributed by atoms with E-state index in [1.165, 1.54) is 19.3 Å². The fourth-order valence-electron chi connectivity index (χ4n) is 1.80. The summed E-state index contributed by atoms with van der Waals surface area (Å²) in [6.07, 6.45) is 4.95. The predicted octanol–water partition coefficient (Wildman–Crippen LogP) is 1.08. The molecule has 1 aliphatic carbocycles. The molecule has 0 aromatic rings. The zero-order chi connectivity index (χ0) is 6.32. The second kappa shape index (κ2) is 2.68. The largest absolute Gasteiger partial charge is 0.373 e. The first-order valence-corrected chi connectivity index (χ1v) is 3.70. The van der Waals surface area contributed by atoms with Crippen LogP contribution in [0.25, 0.3) is 0 Å². The lowest BCUT2D eigenvalue weighted by molar-refractivity contribution is -0.0562. The Bertz CT molecular complexity index is 125. The lowest BCUT2D eigenvalue weighted by Crippen LogP contribution is -2.36. The van der Waals surface area contributed by atoms with Crippen molar-refractivity contribution in [2.45, 2.75) is 37.3 Å². The van der Waals surface area contributed by atoms with Crippen molar-refractivity contribution in [3.8, 4) is 0 Å². The van der Waals surface area contributed by atoms with Gasteiger partial charge in [-0.3, -0.25) is 0 Å². The second-order valence-corrected chi connectivity index (χ2v) is 3.31. The molecule has 0 radical (unpaired) electrons. The molecule has 0 aromatic heterocycles. The second-order valence-electron chi connectivity index (χ2n) is 3.31. The SMILES string of the molecule is Cl.NC1COC2(CCC2)C1. The number of ether oxygens (including phenoxy) is 1. The Labute approximate surface area is 67.5 Å². The summed E-state index contributed by atoms with van der Waals surface area (Å²) in [5.41, 5.74) is 5.96. The van der Waals surface area contributed by atoms with E-state index in [0.29, 0.717) is 6.04 Å². The van der Waals surface area contributed by atoms with Crippen LogP contribution in [0.1, 0.15) is 25.7 Å². The molecule has 1 unspecified atom stereocenters. The summed E-state index contributed by atoms with van der Waals surface area (Å²) in [7, 11) is 0. The fraction of sp³-hybridized carbons (Fsp3) is 1.00. The number of halogens is 1. The molecule has 2 rings (SSSR count). The molecule has 60 valence electrons. The van der Waals surface area contributed by atoms with Crippen LogP contribution in [0.4, 0.5) is 0 Å². The molecule has 1 saturated heterocycles. The maximum atomic E-state index is 5.69. The van der Waals surface area contributed by atoms with Gasteiger partial charge in [-0.25, -0.2) is 0 Å². The third kappa shape index (κ3) is 1.16. The Morgan fingerprint density at radius 1 is 1.40 bits per heavy atom. The zero-order valence-electron chi connectivity index (χ0n) is 6.01. The van der Waals surface area contributed by atoms with Gasteiger partial charge in [0.05, 0.1) is 12.2 Å². The number of rotatable bonds is 0. The average molecular weight is 164 g/mol. The summed E-state index contributed by atoms with van der Waals surface area (Å²) < 4.78 is 5.56. The molecule has 2 aliphatic rings. The highest BCUT2D eigenvalue weighted by molar-refractivity contribution is 5.85. The van der Waals surface area contributed by atoms with E-state index in [1.54, 1.807) is 0 Å². The summed E-state index contributed by atoms with van der Waals surface area (Å²) in [5.74, 6) is 0. The van der Waals surface area contributed by atoms with Gasteiger partial charge in [0, 0.05) is 6.04 Å². The predicted molar refractivity (Wildman–Crippen MR) is 42.4 cm³/mol. The van der Waals surface area contributed by atoms with Gasteiger partial charge in [-0.2, -0.15) is 0 Å². The maximum Gasteiger partial charge on any atom is 0.0699 e. The van der Waals surface area contributed by atoms with Crippen LogP contribution >= 0.6 is 12.4 Å². The van der Waals surface area contributed by atoms with Crippen molar-refractivity contribution < 1.29 is 4.74 Å². The summed E-state index contributed by atoms with van der Waals surface area (Å²) >= 11 is 0. The zero-order valence-corrected chi connectivity index (χ0v) is 6.82. The van der Waals surface area contributed by atoms with Crippen LogP contribution in [0.2, 0.25) is 0 Å². The first-order chi connectivity index (χ1) is 4.31. The number of hydrogen-bond acceptors (Lipinski definition) is 2. The van der Waals surface area contributed by atoms with Gasteiger partial charge < -0.3 is 10.5 Å². The van der Waals surface area contributed by atoms with Gasteiger partial charge in [-0.05, 0) is 25.7 Å². The molecule has 2 nitrogen and oxygen atoms in total. The van der Waals surface area contributed by atoms with E-state index in [1.807, 2.05) is 0 Å². The first kappa shape index (κ1) is 8.31. The molecular weight excluding hydrogens is 150 g/mol. The molecule has 1 aliphatic heterocycles. The van der Waals surface area contributed by atoms with Gasteiger partial charge in [-0.15, -0.1) is 12.4 Å². The summed E-state index contributed by atoms with van der Waals surface area (Å²) in [5, 5.41) is 0. The fourth-order valence-corrected chi connectivity index (χ4v) is 1.80. The van der Waals surface area contributed by atoms with Gasteiger partial charge in [-0.1, -0.05) is 0 Å². The smallest absolute Gasteiger partial charge is 0.0699 e. The van der Waals surface area contributed by atoms with E-state index < -0.39 is 0 Å². The van der Waals surface area contributed by atoms with Gasteiger partial charge in [0.1, 0.15) is 0 Å². The van der Waals surface area contributed by atoms with Gasteiger partial charge in [0.15, 0.2) is 0 Å². The third-order valence-electron chi connectivity index (χ3n) is 2.50. The average Bonchev–Trinajstić information content (AvgIpc) is 2.09. The van der Waals surface area contributed by atoms with E-state index in [-0.39, 0.29) is 18.0 Å². The van der Waals surface area contributed by atoms with Crippen molar-refractivity contribution in [1.29, 1.82) is 0 Å². The molecule has 1 spiro atoms. The Kier molecular flexibility index (Phi) is 2.23. The van der Waals surface area contributed by atoms with E-state index >= 15 is 0 Å². The molecule has 2 N–H and O–H groups in total. The Morgan fingerprint density at radius 2 is 2.10 bits per heavy atom. The summed E-state index contributed by atoms with van der Waals surface area (Å²) in [6, 6.07) is 0.324. The highest BCUT2D eigenvalue weighted by Crippen LogP contribution is 2.42. The molecule has 10 heavy (non-hydrogen) atoms. The van der Waals surface area contributed by atoms with Crippen LogP contribution in [0.15, 0.2) is 0 Å². The normalized spacial score (nSPS) is 35.1. The molecule has 0 amide bonds. The van der Waals surface area contributed by atoms with Crippen molar-refractivity contribution in [3.05, 3.63) is 0 Å². The van der Waals surface area contributed by atoms with Crippen molar-refractivity contribution in [1.82, 2.24) is 0 Å². The van der Waals surface area contributed by atoms with E-state index in [9.17, 15) is 0 Å². The van der Waals surface area contributed by atoms with Crippen molar-refractivity contribution in [3.63, 3.8) is 0 Å². The van der Waals surface area contributed by atoms with E-state index in [2.05, 4.69) is 0 Å². The minimum absolute atomic E-state index is 0. The molecule has 0 bridgehead atoms. The van der Waals surface area contributed by atoms with E-state index in [4.69, 9.17) is 10.5 Å². The quantitative estimate of drug-likeness (QED) is 0.580. The standard InChI is InChI=1S/C7H13NO.ClH/c8-6-4-7(9-5-6)2-1-3-7;/h6H,1-5,8H2;1H. The topological polar surface area (TPSA) is 35.2 Å². The minimum Gasteiger partial charge on any atom is -0.373 e. The van der Waals surface area contributed by atoms with Gasteiger partial charge >= 0.3 is 0 Å². The lowest BCUT2D eigenvalue weighted by atomic mass is 9.78. The van der Waals surface area contributed by atoms with Crippen molar-refractivity contribution >= 4 is 12.4 Å². The van der Waals surface area contributed by atoms with Crippen molar-refractivity contribution in [2.24, 2.45) is 5.73 Å². The van der Waals surface area contributed by atoms with Crippen LogP contribution in [0.3, 0.4) is 0 Å². The van der Waals surface area contributed by atoms with Crippen LogP contribution in [-0.4, -0.2) is 18.2 Å². The molecule has 1 heterocycles. The summed E-state index contributed by atoms with van der Waals surface area (Å²) in [6.45, 7) is 0.792. The van der Waals surface area contributed by atoms with Gasteiger partial charge in [0.2, 0.25) is 0 Å². The van der Waals surface area contributed by atoms with Crippen LogP contribution in [-0.2, 0) is 4.74 Å². The Hall–Kier alpha value is 0.210. The highest BCUT2D eigenvalue weighted by Gasteiger charge is 2.43.